The van der Waals surface area contributed by atoms with Crippen LogP contribution in [-0.2, 0) is 6.54 Å². The molecule has 3 aromatic rings. The summed E-state index contributed by atoms with van der Waals surface area (Å²) in [4.78, 5) is 12.1. The maximum Gasteiger partial charge on any atom is 0.225 e. The van der Waals surface area contributed by atoms with Crippen molar-refractivity contribution in [3.63, 3.8) is 0 Å². The topological polar surface area (TPSA) is 54.2 Å². The first-order valence-corrected chi connectivity index (χ1v) is 9.81. The van der Waals surface area contributed by atoms with Crippen LogP contribution in [0.1, 0.15) is 38.4 Å². The quantitative estimate of drug-likeness (QED) is 0.660. The average molecular weight is 362 g/mol. The van der Waals surface area contributed by atoms with Gasteiger partial charge in [-0.3, -0.25) is 0 Å². The molecule has 1 aromatic carbocycles. The fourth-order valence-corrected chi connectivity index (χ4v) is 3.72. The highest BCUT2D eigenvalue weighted by molar-refractivity contribution is 5.65. The Morgan fingerprint density at radius 3 is 2.78 bits per heavy atom. The van der Waals surface area contributed by atoms with Gasteiger partial charge >= 0.3 is 0 Å². The van der Waals surface area contributed by atoms with Crippen LogP contribution in [0.25, 0.3) is 11.3 Å². The van der Waals surface area contributed by atoms with E-state index in [1.807, 2.05) is 30.3 Å². The summed E-state index contributed by atoms with van der Waals surface area (Å²) in [6, 6.07) is 16.8. The first kappa shape index (κ1) is 17.6. The van der Waals surface area contributed by atoms with Crippen LogP contribution in [0.3, 0.4) is 0 Å². The molecule has 0 radical (unpaired) electrons. The van der Waals surface area contributed by atoms with E-state index in [1.165, 1.54) is 19.3 Å². The van der Waals surface area contributed by atoms with E-state index >= 15 is 0 Å². The normalized spacial score (nSPS) is 17.1. The van der Waals surface area contributed by atoms with Crippen molar-refractivity contribution in [2.75, 3.05) is 16.8 Å². The van der Waals surface area contributed by atoms with Crippen molar-refractivity contribution in [3.05, 3.63) is 60.6 Å². The standard InChI is InChI=1S/C22H26N4O/c1-2-18-11-6-7-13-26(18)21-15-20(17-9-4-3-5-10-17)24-22(25-21)23-16-19-12-8-14-27-19/h3-5,8-10,12,14-15,18H,2,6-7,11,13,16H2,1H3,(H,23,24,25). The van der Waals surface area contributed by atoms with Crippen LogP contribution < -0.4 is 10.2 Å². The van der Waals surface area contributed by atoms with E-state index in [0.717, 1.165) is 35.8 Å². The molecule has 1 aliphatic heterocycles. The number of furan rings is 1. The van der Waals surface area contributed by atoms with E-state index < -0.39 is 0 Å². The van der Waals surface area contributed by atoms with Crippen molar-refractivity contribution in [2.24, 2.45) is 0 Å². The second-order valence-corrected chi connectivity index (χ2v) is 6.99. The molecule has 0 spiro atoms. The van der Waals surface area contributed by atoms with Gasteiger partial charge in [0.2, 0.25) is 5.95 Å². The van der Waals surface area contributed by atoms with E-state index in [-0.39, 0.29) is 0 Å². The fraction of sp³-hybridized carbons (Fsp3) is 0.364. The largest absolute Gasteiger partial charge is 0.467 e. The molecule has 0 saturated carbocycles. The molecule has 140 valence electrons. The highest BCUT2D eigenvalue weighted by atomic mass is 16.3. The maximum atomic E-state index is 5.42. The summed E-state index contributed by atoms with van der Waals surface area (Å²) in [7, 11) is 0. The Bertz CT molecular complexity index is 848. The zero-order valence-electron chi connectivity index (χ0n) is 15.8. The Hall–Kier alpha value is -2.82. The summed E-state index contributed by atoms with van der Waals surface area (Å²) in [6.45, 7) is 3.89. The molecule has 2 aromatic heterocycles. The van der Waals surface area contributed by atoms with Crippen LogP contribution in [0.4, 0.5) is 11.8 Å². The van der Waals surface area contributed by atoms with E-state index in [9.17, 15) is 0 Å². The van der Waals surface area contributed by atoms with E-state index in [1.54, 1.807) is 6.26 Å². The summed E-state index contributed by atoms with van der Waals surface area (Å²) in [5.74, 6) is 2.52. The minimum absolute atomic E-state index is 0.551. The lowest BCUT2D eigenvalue weighted by Gasteiger charge is -2.36. The first-order valence-electron chi connectivity index (χ1n) is 9.81. The molecule has 5 nitrogen and oxygen atoms in total. The lowest BCUT2D eigenvalue weighted by molar-refractivity contribution is 0.447. The Balaban J connectivity index is 1.67. The van der Waals surface area contributed by atoms with Crippen molar-refractivity contribution in [1.29, 1.82) is 0 Å². The van der Waals surface area contributed by atoms with Crippen molar-refractivity contribution in [1.82, 2.24) is 9.97 Å². The first-order chi connectivity index (χ1) is 13.3. The highest BCUT2D eigenvalue weighted by Crippen LogP contribution is 2.29. The van der Waals surface area contributed by atoms with Gasteiger partial charge in [0.05, 0.1) is 18.5 Å². The van der Waals surface area contributed by atoms with Gasteiger partial charge < -0.3 is 14.6 Å². The second kappa shape index (κ2) is 8.25. The SMILES string of the molecule is CCC1CCCCN1c1cc(-c2ccccc2)nc(NCc2ccco2)n1. The minimum Gasteiger partial charge on any atom is -0.467 e. The van der Waals surface area contributed by atoms with Gasteiger partial charge in [-0.25, -0.2) is 4.98 Å². The van der Waals surface area contributed by atoms with Crippen molar-refractivity contribution < 1.29 is 4.42 Å². The second-order valence-electron chi connectivity index (χ2n) is 6.99. The summed E-state index contributed by atoms with van der Waals surface area (Å²) in [6.07, 6.45) is 6.57. The number of aromatic nitrogens is 2. The fourth-order valence-electron chi connectivity index (χ4n) is 3.72. The smallest absolute Gasteiger partial charge is 0.225 e. The lowest BCUT2D eigenvalue weighted by atomic mass is 10.00. The van der Waals surface area contributed by atoms with Gasteiger partial charge in [0.25, 0.3) is 0 Å². The van der Waals surface area contributed by atoms with E-state index in [2.05, 4.69) is 35.3 Å². The molecule has 1 aliphatic rings. The van der Waals surface area contributed by atoms with Crippen LogP contribution in [0.15, 0.2) is 59.2 Å². The van der Waals surface area contributed by atoms with Crippen LogP contribution in [0, 0.1) is 0 Å². The number of rotatable bonds is 6. The molecule has 0 aliphatic carbocycles. The molecular weight excluding hydrogens is 336 g/mol. The van der Waals surface area contributed by atoms with Crippen molar-refractivity contribution in [3.8, 4) is 11.3 Å². The summed E-state index contributed by atoms with van der Waals surface area (Å²) < 4.78 is 5.42. The third kappa shape index (κ3) is 4.13. The molecule has 1 fully saturated rings. The summed E-state index contributed by atoms with van der Waals surface area (Å²) >= 11 is 0. The Kier molecular flexibility index (Phi) is 5.37. The van der Waals surface area contributed by atoms with Gasteiger partial charge in [0.15, 0.2) is 0 Å². The van der Waals surface area contributed by atoms with Crippen LogP contribution in [0.5, 0.6) is 0 Å². The minimum atomic E-state index is 0.551. The van der Waals surface area contributed by atoms with E-state index in [4.69, 9.17) is 14.4 Å². The van der Waals surface area contributed by atoms with Crippen LogP contribution in [0.2, 0.25) is 0 Å². The molecule has 1 saturated heterocycles. The number of hydrogen-bond acceptors (Lipinski definition) is 5. The molecular formula is C22H26N4O. The maximum absolute atomic E-state index is 5.42. The predicted octanol–water partition coefficient (Wildman–Crippen LogP) is 5.12. The molecule has 27 heavy (non-hydrogen) atoms. The van der Waals surface area contributed by atoms with Gasteiger partial charge in [0, 0.05) is 24.2 Å². The zero-order valence-corrected chi connectivity index (χ0v) is 15.8. The van der Waals surface area contributed by atoms with Gasteiger partial charge in [0.1, 0.15) is 11.6 Å². The van der Waals surface area contributed by atoms with Gasteiger partial charge in [-0.2, -0.15) is 4.98 Å². The number of piperidine rings is 1. The van der Waals surface area contributed by atoms with Crippen LogP contribution in [-0.4, -0.2) is 22.6 Å². The number of benzene rings is 1. The molecule has 1 N–H and O–H groups in total. The predicted molar refractivity (Wildman–Crippen MR) is 109 cm³/mol. The van der Waals surface area contributed by atoms with Gasteiger partial charge in [-0.05, 0) is 37.8 Å². The number of nitrogens with one attached hydrogen (secondary N) is 1. The van der Waals surface area contributed by atoms with Crippen molar-refractivity contribution in [2.45, 2.75) is 45.2 Å². The molecule has 1 unspecified atom stereocenters. The highest BCUT2D eigenvalue weighted by Gasteiger charge is 2.23. The summed E-state index contributed by atoms with van der Waals surface area (Å²) in [5.41, 5.74) is 2.05. The van der Waals surface area contributed by atoms with E-state index in [0.29, 0.717) is 18.5 Å². The Morgan fingerprint density at radius 2 is 2.00 bits per heavy atom. The number of hydrogen-bond donors (Lipinski definition) is 1. The molecule has 5 heteroatoms. The Labute approximate surface area is 160 Å². The van der Waals surface area contributed by atoms with Gasteiger partial charge in [-0.1, -0.05) is 37.3 Å². The molecule has 4 rings (SSSR count). The third-order valence-corrected chi connectivity index (χ3v) is 5.18. The monoisotopic (exact) mass is 362 g/mol. The van der Waals surface area contributed by atoms with Crippen LogP contribution >= 0.6 is 0 Å². The lowest BCUT2D eigenvalue weighted by Crippen LogP contribution is -2.39. The third-order valence-electron chi connectivity index (χ3n) is 5.18. The molecule has 1 atom stereocenters. The Morgan fingerprint density at radius 1 is 1.11 bits per heavy atom. The summed E-state index contributed by atoms with van der Waals surface area (Å²) in [5, 5.41) is 3.33. The molecule has 3 heterocycles. The number of nitrogens with zero attached hydrogens (tertiary/aromatic N) is 3. The zero-order chi connectivity index (χ0) is 18.5. The van der Waals surface area contributed by atoms with Gasteiger partial charge in [-0.15, -0.1) is 0 Å². The number of anilines is 2. The molecule has 0 bridgehead atoms. The van der Waals surface area contributed by atoms with Crippen molar-refractivity contribution >= 4 is 11.8 Å². The molecule has 0 amide bonds. The average Bonchev–Trinajstić information content (AvgIpc) is 3.26.